The Balaban J connectivity index is 2.52. The summed E-state index contributed by atoms with van der Waals surface area (Å²) in [5.74, 6) is -1.59. The van der Waals surface area contributed by atoms with Crippen molar-refractivity contribution in [3.8, 4) is 0 Å². The quantitative estimate of drug-likeness (QED) is 0.377. The fourth-order valence-electron chi connectivity index (χ4n) is 2.28. The standard InChI is InChI=1S/C15H18F3N3O2/c1-4-10-11(14(20-19-10)15(16,17)18)13(23)9(7-21(2)3)12(22)8-5-6-8/h7-8H,4-6H2,1-3H3,(H,19,20). The molecular weight excluding hydrogens is 311 g/mol. The lowest BCUT2D eigenvalue weighted by atomic mass is 9.95. The van der Waals surface area contributed by atoms with E-state index in [1.54, 1.807) is 21.0 Å². The van der Waals surface area contributed by atoms with Crippen LogP contribution in [0.4, 0.5) is 13.2 Å². The molecule has 1 saturated carbocycles. The highest BCUT2D eigenvalue weighted by Crippen LogP contribution is 2.36. The Hall–Kier alpha value is -2.12. The number of aromatic nitrogens is 2. The number of nitrogens with zero attached hydrogens (tertiary/aromatic N) is 2. The Bertz CT molecular complexity index is 655. The molecule has 0 bridgehead atoms. The number of carbonyl (C=O) groups excluding carboxylic acids is 2. The highest BCUT2D eigenvalue weighted by Gasteiger charge is 2.42. The fourth-order valence-corrected chi connectivity index (χ4v) is 2.28. The Morgan fingerprint density at radius 3 is 2.39 bits per heavy atom. The van der Waals surface area contributed by atoms with Gasteiger partial charge in [0, 0.05) is 31.9 Å². The van der Waals surface area contributed by atoms with E-state index in [1.807, 2.05) is 0 Å². The number of aryl methyl sites for hydroxylation is 1. The van der Waals surface area contributed by atoms with Crippen molar-refractivity contribution < 1.29 is 22.8 Å². The molecule has 0 aromatic carbocycles. The van der Waals surface area contributed by atoms with Crippen LogP contribution < -0.4 is 0 Å². The number of aromatic amines is 1. The highest BCUT2D eigenvalue weighted by molar-refractivity contribution is 6.27. The van der Waals surface area contributed by atoms with Gasteiger partial charge in [0.05, 0.1) is 11.1 Å². The minimum absolute atomic E-state index is 0.0792. The molecule has 2 rings (SSSR count). The van der Waals surface area contributed by atoms with Crippen molar-refractivity contribution in [2.24, 2.45) is 5.92 Å². The van der Waals surface area contributed by atoms with Crippen LogP contribution in [0.25, 0.3) is 0 Å². The minimum atomic E-state index is -4.76. The SMILES string of the molecule is CCc1[nH]nc(C(F)(F)F)c1C(=O)C(=CN(C)C)C(=O)C1CC1. The number of carbonyl (C=O) groups is 2. The van der Waals surface area contributed by atoms with Gasteiger partial charge < -0.3 is 4.90 Å². The Labute approximate surface area is 131 Å². The van der Waals surface area contributed by atoms with Crippen LogP contribution in [0.15, 0.2) is 11.8 Å². The van der Waals surface area contributed by atoms with E-state index < -0.39 is 29.0 Å². The van der Waals surface area contributed by atoms with Crippen molar-refractivity contribution in [1.82, 2.24) is 15.1 Å². The van der Waals surface area contributed by atoms with Gasteiger partial charge in [0.1, 0.15) is 0 Å². The van der Waals surface area contributed by atoms with Gasteiger partial charge in [0.25, 0.3) is 0 Å². The third-order valence-electron chi connectivity index (χ3n) is 3.54. The van der Waals surface area contributed by atoms with Crippen LogP contribution in [0.3, 0.4) is 0 Å². The molecule has 5 nitrogen and oxygen atoms in total. The molecule has 1 heterocycles. The lowest BCUT2D eigenvalue weighted by Crippen LogP contribution is -2.22. The molecule has 0 amide bonds. The molecule has 8 heteroatoms. The maximum Gasteiger partial charge on any atom is 0.435 e. The van der Waals surface area contributed by atoms with Gasteiger partial charge in [-0.25, -0.2) is 0 Å². The van der Waals surface area contributed by atoms with E-state index in [0.717, 1.165) is 0 Å². The average molecular weight is 329 g/mol. The number of alkyl halides is 3. The largest absolute Gasteiger partial charge is 0.435 e. The van der Waals surface area contributed by atoms with Crippen molar-refractivity contribution in [2.75, 3.05) is 14.1 Å². The van der Waals surface area contributed by atoms with Crippen molar-refractivity contribution >= 4 is 11.6 Å². The third-order valence-corrected chi connectivity index (χ3v) is 3.54. The fraction of sp³-hybridized carbons (Fsp3) is 0.533. The smallest absolute Gasteiger partial charge is 0.383 e. The van der Waals surface area contributed by atoms with Crippen LogP contribution in [0, 0.1) is 5.92 Å². The first-order valence-electron chi connectivity index (χ1n) is 7.28. The van der Waals surface area contributed by atoms with Crippen LogP contribution in [0.2, 0.25) is 0 Å². The summed E-state index contributed by atoms with van der Waals surface area (Å²) in [6.45, 7) is 1.61. The molecule has 0 radical (unpaired) electrons. The lowest BCUT2D eigenvalue weighted by Gasteiger charge is -2.12. The van der Waals surface area contributed by atoms with Gasteiger partial charge in [-0.1, -0.05) is 6.92 Å². The zero-order valence-corrected chi connectivity index (χ0v) is 13.1. The van der Waals surface area contributed by atoms with Crippen LogP contribution in [-0.2, 0) is 17.4 Å². The number of allylic oxidation sites excluding steroid dienone is 1. The maximum atomic E-state index is 13.1. The van der Waals surface area contributed by atoms with Crippen LogP contribution in [0.1, 0.15) is 41.5 Å². The second-order valence-electron chi connectivity index (χ2n) is 5.75. The number of rotatable bonds is 6. The Kier molecular flexibility index (Phi) is 4.63. The maximum absolute atomic E-state index is 13.1. The van der Waals surface area contributed by atoms with Crippen molar-refractivity contribution in [2.45, 2.75) is 32.4 Å². The number of nitrogens with one attached hydrogen (secondary N) is 1. The summed E-state index contributed by atoms with van der Waals surface area (Å²) >= 11 is 0. The molecule has 0 aliphatic heterocycles. The molecule has 0 unspecified atom stereocenters. The number of halogens is 3. The van der Waals surface area contributed by atoms with E-state index in [-0.39, 0.29) is 23.6 Å². The number of ketones is 2. The molecule has 1 aromatic heterocycles. The van der Waals surface area contributed by atoms with Gasteiger partial charge in [-0.15, -0.1) is 0 Å². The second-order valence-corrected chi connectivity index (χ2v) is 5.75. The van der Waals surface area contributed by atoms with Gasteiger partial charge >= 0.3 is 6.18 Å². The predicted molar refractivity (Wildman–Crippen MR) is 76.8 cm³/mol. The number of Topliss-reactive ketones (excluding diaryl/α,β-unsaturated/α-hetero) is 2. The molecule has 1 aliphatic carbocycles. The second kappa shape index (κ2) is 6.17. The Morgan fingerprint density at radius 1 is 1.35 bits per heavy atom. The molecule has 23 heavy (non-hydrogen) atoms. The van der Waals surface area contributed by atoms with Gasteiger partial charge in [0.2, 0.25) is 5.78 Å². The topological polar surface area (TPSA) is 66.1 Å². The third kappa shape index (κ3) is 3.62. The first-order valence-corrected chi connectivity index (χ1v) is 7.28. The molecule has 1 aliphatic rings. The van der Waals surface area contributed by atoms with E-state index in [2.05, 4.69) is 10.2 Å². The Morgan fingerprint density at radius 2 is 1.96 bits per heavy atom. The monoisotopic (exact) mass is 329 g/mol. The van der Waals surface area contributed by atoms with Crippen molar-refractivity contribution in [1.29, 1.82) is 0 Å². The number of H-pyrrole nitrogens is 1. The molecule has 0 saturated heterocycles. The highest BCUT2D eigenvalue weighted by atomic mass is 19.4. The summed E-state index contributed by atoms with van der Waals surface area (Å²) in [7, 11) is 3.21. The summed E-state index contributed by atoms with van der Waals surface area (Å²) in [5, 5.41) is 5.50. The normalized spacial score (nSPS) is 15.7. The first kappa shape index (κ1) is 17.2. The van der Waals surface area contributed by atoms with E-state index in [1.165, 1.54) is 11.1 Å². The summed E-state index contributed by atoms with van der Waals surface area (Å²) in [5.41, 5.74) is -1.97. The van der Waals surface area contributed by atoms with Crippen LogP contribution >= 0.6 is 0 Å². The molecular formula is C15H18F3N3O2. The number of hydrogen-bond acceptors (Lipinski definition) is 4. The molecule has 126 valence electrons. The molecule has 1 fully saturated rings. The minimum Gasteiger partial charge on any atom is -0.383 e. The van der Waals surface area contributed by atoms with Gasteiger partial charge in [-0.3, -0.25) is 14.7 Å². The van der Waals surface area contributed by atoms with Crippen LogP contribution in [-0.4, -0.2) is 40.8 Å². The zero-order chi connectivity index (χ0) is 17.4. The van der Waals surface area contributed by atoms with E-state index in [0.29, 0.717) is 12.8 Å². The van der Waals surface area contributed by atoms with Gasteiger partial charge in [-0.2, -0.15) is 18.3 Å². The molecule has 0 spiro atoms. The lowest BCUT2D eigenvalue weighted by molar-refractivity contribution is -0.141. The molecule has 1 N–H and O–H groups in total. The summed E-state index contributed by atoms with van der Waals surface area (Å²) in [6, 6.07) is 0. The van der Waals surface area contributed by atoms with Crippen LogP contribution in [0.5, 0.6) is 0 Å². The molecule has 1 aromatic rings. The summed E-state index contributed by atoms with van der Waals surface area (Å²) < 4.78 is 39.3. The van der Waals surface area contributed by atoms with E-state index >= 15 is 0 Å². The van der Waals surface area contributed by atoms with E-state index in [4.69, 9.17) is 0 Å². The zero-order valence-electron chi connectivity index (χ0n) is 13.1. The average Bonchev–Trinajstić information content (AvgIpc) is 3.20. The van der Waals surface area contributed by atoms with Gasteiger partial charge in [0.15, 0.2) is 11.5 Å². The van der Waals surface area contributed by atoms with Crippen molar-refractivity contribution in [3.63, 3.8) is 0 Å². The summed E-state index contributed by atoms with van der Waals surface area (Å²) in [4.78, 5) is 26.5. The molecule has 0 atom stereocenters. The van der Waals surface area contributed by atoms with Gasteiger partial charge in [-0.05, 0) is 19.3 Å². The van der Waals surface area contributed by atoms with E-state index in [9.17, 15) is 22.8 Å². The number of hydrogen-bond donors (Lipinski definition) is 1. The first-order chi connectivity index (χ1) is 10.7. The summed E-state index contributed by atoms with van der Waals surface area (Å²) in [6.07, 6.45) is -1.97. The van der Waals surface area contributed by atoms with Crippen molar-refractivity contribution in [3.05, 3.63) is 28.7 Å². The predicted octanol–water partition coefficient (Wildman–Crippen LogP) is 2.60.